The maximum Gasteiger partial charge on any atom is 0.331 e. The number of aliphatic carboxylic acids is 1. The van der Waals surface area contributed by atoms with Crippen LogP contribution >= 0.6 is 0 Å². The van der Waals surface area contributed by atoms with Gasteiger partial charge < -0.3 is 5.11 Å². The standard InChI is InChI=1S/C5H7NO3/c1-5(2,4(8)9)6-3-7/h1-2H3,(H,8,9). The smallest absolute Gasteiger partial charge is 0.331 e. The SMILES string of the molecule is CC(C)(N=C=O)C(=O)O. The van der Waals surface area contributed by atoms with E-state index >= 15 is 0 Å². The minimum atomic E-state index is -1.33. The topological polar surface area (TPSA) is 66.7 Å². The first-order valence-electron chi connectivity index (χ1n) is 2.33. The Morgan fingerprint density at radius 2 is 2.11 bits per heavy atom. The number of hydrogen-bond acceptors (Lipinski definition) is 3. The van der Waals surface area contributed by atoms with Gasteiger partial charge in [-0.3, -0.25) is 0 Å². The molecule has 0 rings (SSSR count). The normalized spacial score (nSPS) is 10.0. The number of carboxylic acid groups (broad SMARTS) is 1. The molecule has 0 bridgehead atoms. The van der Waals surface area contributed by atoms with Crippen LogP contribution in [0.4, 0.5) is 0 Å². The van der Waals surface area contributed by atoms with Crippen LogP contribution in [0.5, 0.6) is 0 Å². The van der Waals surface area contributed by atoms with Crippen molar-refractivity contribution < 1.29 is 14.7 Å². The average Bonchev–Trinajstić information content (AvgIpc) is 1.65. The van der Waals surface area contributed by atoms with Gasteiger partial charge in [0, 0.05) is 0 Å². The van der Waals surface area contributed by atoms with E-state index in [4.69, 9.17) is 5.11 Å². The van der Waals surface area contributed by atoms with Gasteiger partial charge in [-0.05, 0) is 13.8 Å². The summed E-state index contributed by atoms with van der Waals surface area (Å²) in [5.41, 5.74) is -1.33. The molecule has 0 saturated heterocycles. The van der Waals surface area contributed by atoms with Crippen molar-refractivity contribution in [3.05, 3.63) is 0 Å². The Bertz CT molecular complexity index is 163. The van der Waals surface area contributed by atoms with E-state index in [0.29, 0.717) is 0 Å². The molecule has 0 spiro atoms. The van der Waals surface area contributed by atoms with Crippen LogP contribution in [0, 0.1) is 0 Å². The number of rotatable bonds is 2. The van der Waals surface area contributed by atoms with Gasteiger partial charge in [-0.1, -0.05) is 0 Å². The summed E-state index contributed by atoms with van der Waals surface area (Å²) in [7, 11) is 0. The van der Waals surface area contributed by atoms with Gasteiger partial charge in [0.25, 0.3) is 0 Å². The lowest BCUT2D eigenvalue weighted by Crippen LogP contribution is -2.28. The first-order valence-corrected chi connectivity index (χ1v) is 2.33. The van der Waals surface area contributed by atoms with Crippen LogP contribution in [0.3, 0.4) is 0 Å². The molecule has 0 amide bonds. The molecule has 0 aromatic rings. The second kappa shape index (κ2) is 2.42. The van der Waals surface area contributed by atoms with Crippen molar-refractivity contribution in [2.24, 2.45) is 4.99 Å². The van der Waals surface area contributed by atoms with Crippen molar-refractivity contribution in [3.63, 3.8) is 0 Å². The zero-order valence-electron chi connectivity index (χ0n) is 5.21. The second-order valence-electron chi connectivity index (χ2n) is 2.07. The quantitative estimate of drug-likeness (QED) is 0.427. The molecular weight excluding hydrogens is 122 g/mol. The molecule has 0 atom stereocenters. The highest BCUT2D eigenvalue weighted by Crippen LogP contribution is 2.06. The van der Waals surface area contributed by atoms with Crippen molar-refractivity contribution in [2.45, 2.75) is 19.4 Å². The van der Waals surface area contributed by atoms with Crippen LogP contribution < -0.4 is 0 Å². The fourth-order valence-electron chi connectivity index (χ4n) is 0.162. The molecule has 50 valence electrons. The molecule has 0 radical (unpaired) electrons. The molecule has 0 heterocycles. The fraction of sp³-hybridized carbons (Fsp3) is 0.600. The van der Waals surface area contributed by atoms with E-state index < -0.39 is 11.5 Å². The Hall–Kier alpha value is -1.15. The third kappa shape index (κ3) is 2.06. The summed E-state index contributed by atoms with van der Waals surface area (Å²) in [6.45, 7) is 2.64. The summed E-state index contributed by atoms with van der Waals surface area (Å²) in [6, 6.07) is 0. The Morgan fingerprint density at radius 1 is 1.67 bits per heavy atom. The molecule has 0 aliphatic carbocycles. The maximum absolute atomic E-state index is 10.1. The number of carboxylic acids is 1. The van der Waals surface area contributed by atoms with Crippen LogP contribution in [0.25, 0.3) is 0 Å². The van der Waals surface area contributed by atoms with Gasteiger partial charge in [0.05, 0.1) is 0 Å². The summed E-state index contributed by atoms with van der Waals surface area (Å²) < 4.78 is 0. The van der Waals surface area contributed by atoms with Crippen LogP contribution in [0.2, 0.25) is 0 Å². The molecule has 1 N–H and O–H groups in total. The average molecular weight is 129 g/mol. The second-order valence-corrected chi connectivity index (χ2v) is 2.07. The van der Waals surface area contributed by atoms with Gasteiger partial charge >= 0.3 is 5.97 Å². The largest absolute Gasteiger partial charge is 0.479 e. The van der Waals surface area contributed by atoms with Crippen LogP contribution in [-0.4, -0.2) is 22.7 Å². The van der Waals surface area contributed by atoms with E-state index in [1.807, 2.05) is 0 Å². The number of aliphatic imine (C=N–C) groups is 1. The van der Waals surface area contributed by atoms with Gasteiger partial charge in [0.15, 0.2) is 5.54 Å². The van der Waals surface area contributed by atoms with E-state index in [0.717, 1.165) is 0 Å². The van der Waals surface area contributed by atoms with Crippen molar-refractivity contribution in [1.29, 1.82) is 0 Å². The predicted octanol–water partition coefficient (Wildman–Crippen LogP) is 0.185. The summed E-state index contributed by atoms with van der Waals surface area (Å²) in [6.07, 6.45) is 1.18. The molecule has 4 heteroatoms. The van der Waals surface area contributed by atoms with Crippen molar-refractivity contribution in [3.8, 4) is 0 Å². The molecule has 4 nitrogen and oxygen atoms in total. The molecule has 0 aliphatic rings. The van der Waals surface area contributed by atoms with Crippen LogP contribution in [-0.2, 0) is 9.59 Å². The van der Waals surface area contributed by atoms with E-state index in [2.05, 4.69) is 4.99 Å². The highest BCUT2D eigenvalue weighted by atomic mass is 16.4. The van der Waals surface area contributed by atoms with Crippen LogP contribution in [0.15, 0.2) is 4.99 Å². The van der Waals surface area contributed by atoms with Gasteiger partial charge in [0.1, 0.15) is 0 Å². The molecule has 0 aromatic heterocycles. The Morgan fingerprint density at radius 3 is 2.22 bits per heavy atom. The van der Waals surface area contributed by atoms with Gasteiger partial charge in [0.2, 0.25) is 6.08 Å². The summed E-state index contributed by atoms with van der Waals surface area (Å²) in [5.74, 6) is -1.13. The van der Waals surface area contributed by atoms with Gasteiger partial charge in [-0.15, -0.1) is 0 Å². The molecule has 0 saturated carbocycles. The lowest BCUT2D eigenvalue weighted by atomic mass is 10.1. The lowest BCUT2D eigenvalue weighted by Gasteiger charge is -2.08. The van der Waals surface area contributed by atoms with Crippen molar-refractivity contribution in [1.82, 2.24) is 0 Å². The number of carbonyl (C=O) groups is 1. The highest BCUT2D eigenvalue weighted by molar-refractivity contribution is 5.78. The predicted molar refractivity (Wildman–Crippen MR) is 29.8 cm³/mol. The third-order valence-corrected chi connectivity index (χ3v) is 0.849. The van der Waals surface area contributed by atoms with E-state index in [9.17, 15) is 9.59 Å². The van der Waals surface area contributed by atoms with Crippen LogP contribution in [0.1, 0.15) is 13.8 Å². The first kappa shape index (κ1) is 7.85. The summed E-state index contributed by atoms with van der Waals surface area (Å²) >= 11 is 0. The molecular formula is C5H7NO3. The van der Waals surface area contributed by atoms with Crippen molar-refractivity contribution >= 4 is 12.0 Å². The molecule has 9 heavy (non-hydrogen) atoms. The highest BCUT2D eigenvalue weighted by Gasteiger charge is 2.25. The van der Waals surface area contributed by atoms with E-state index in [1.165, 1.54) is 19.9 Å². The molecule has 0 unspecified atom stereocenters. The van der Waals surface area contributed by atoms with Crippen molar-refractivity contribution in [2.75, 3.05) is 0 Å². The Balaban J connectivity index is 4.37. The molecule has 0 aliphatic heterocycles. The molecule has 0 aromatic carbocycles. The number of nitrogens with zero attached hydrogens (tertiary/aromatic N) is 1. The minimum absolute atomic E-state index is 1.13. The first-order chi connectivity index (χ1) is 4.00. The fourth-order valence-corrected chi connectivity index (χ4v) is 0.162. The van der Waals surface area contributed by atoms with Gasteiger partial charge in [-0.2, -0.15) is 4.99 Å². The number of hydrogen-bond donors (Lipinski definition) is 1. The summed E-state index contributed by atoms with van der Waals surface area (Å²) in [4.78, 5) is 22.8. The Kier molecular flexibility index (Phi) is 2.11. The van der Waals surface area contributed by atoms with E-state index in [1.54, 1.807) is 0 Å². The van der Waals surface area contributed by atoms with E-state index in [-0.39, 0.29) is 0 Å². The summed E-state index contributed by atoms with van der Waals surface area (Å²) in [5, 5.41) is 8.30. The monoisotopic (exact) mass is 129 g/mol. The Labute approximate surface area is 52.2 Å². The zero-order chi connectivity index (χ0) is 7.49. The van der Waals surface area contributed by atoms with Gasteiger partial charge in [-0.25, -0.2) is 9.59 Å². The third-order valence-electron chi connectivity index (χ3n) is 0.849. The minimum Gasteiger partial charge on any atom is -0.479 e. The lowest BCUT2D eigenvalue weighted by molar-refractivity contribution is -0.141. The molecule has 0 fully saturated rings. The maximum atomic E-state index is 10.1. The number of carbonyl (C=O) groups excluding carboxylic acids is 1. The number of isocyanates is 1. The zero-order valence-corrected chi connectivity index (χ0v) is 5.21.